The molecule has 2 atom stereocenters. The molecule has 5 aromatic rings. The number of thiazole rings is 1. The van der Waals surface area contributed by atoms with Crippen molar-refractivity contribution in [2.24, 2.45) is 5.92 Å². The highest BCUT2D eigenvalue weighted by Gasteiger charge is 2.33. The number of carbonyl (C=O) groups excluding carboxylic acids is 1. The van der Waals surface area contributed by atoms with Gasteiger partial charge in [-0.05, 0) is 62.1 Å². The predicted molar refractivity (Wildman–Crippen MR) is 178 cm³/mol. The van der Waals surface area contributed by atoms with Crippen LogP contribution in [-0.2, 0) is 11.2 Å². The number of halogens is 1. The Balaban J connectivity index is 1.11. The molecule has 1 saturated heterocycles. The molecule has 4 aromatic heterocycles. The highest BCUT2D eigenvalue weighted by molar-refractivity contribution is 7.16. The molecule has 1 N–H and O–H groups in total. The second-order valence-electron chi connectivity index (χ2n) is 12.0. The normalized spacial score (nSPS) is 18.1. The second-order valence-corrected chi connectivity index (χ2v) is 13.0. The molecule has 0 spiro atoms. The molecule has 11 nitrogen and oxygen atoms in total. The van der Waals surface area contributed by atoms with Gasteiger partial charge in [0.15, 0.2) is 5.13 Å². The number of amides is 1. The lowest BCUT2D eigenvalue weighted by Crippen LogP contribution is -2.50. The van der Waals surface area contributed by atoms with Gasteiger partial charge in [0.25, 0.3) is 0 Å². The molecule has 1 aliphatic heterocycles. The summed E-state index contributed by atoms with van der Waals surface area (Å²) < 4.78 is 15.6. The van der Waals surface area contributed by atoms with Crippen molar-refractivity contribution in [1.29, 1.82) is 5.26 Å². The highest BCUT2D eigenvalue weighted by atomic mass is 32.1. The van der Waals surface area contributed by atoms with E-state index >= 15 is 0 Å². The molecule has 13 heteroatoms. The number of aryl methyl sites for hydroxylation is 1. The van der Waals surface area contributed by atoms with E-state index in [0.29, 0.717) is 72.7 Å². The minimum atomic E-state index is -0.356. The molecule has 0 bridgehead atoms. The number of pyridine rings is 1. The maximum Gasteiger partial charge on any atom is 0.225 e. The Bertz CT molecular complexity index is 1960. The van der Waals surface area contributed by atoms with E-state index in [1.807, 2.05) is 58.9 Å². The zero-order valence-corrected chi connectivity index (χ0v) is 27.0. The van der Waals surface area contributed by atoms with E-state index < -0.39 is 0 Å². The molecular weight excluding hydrogens is 618 g/mol. The van der Waals surface area contributed by atoms with Crippen LogP contribution in [0.4, 0.5) is 21.3 Å². The number of hydrogen-bond donors (Lipinski definition) is 1. The summed E-state index contributed by atoms with van der Waals surface area (Å²) in [6.07, 6.45) is 8.01. The monoisotopic (exact) mass is 651 g/mol. The van der Waals surface area contributed by atoms with Crippen molar-refractivity contribution in [3.63, 3.8) is 0 Å². The molecule has 7 rings (SSSR count). The molecule has 5 heterocycles. The first-order valence-corrected chi connectivity index (χ1v) is 16.6. The van der Waals surface area contributed by atoms with Crippen molar-refractivity contribution in [2.45, 2.75) is 38.7 Å². The van der Waals surface area contributed by atoms with Crippen LogP contribution in [0.2, 0.25) is 0 Å². The van der Waals surface area contributed by atoms with E-state index in [-0.39, 0.29) is 23.7 Å². The van der Waals surface area contributed by atoms with E-state index in [9.17, 15) is 19.6 Å². The number of fused-ring (bicyclic) bond motifs is 1. The molecule has 1 aromatic carbocycles. The summed E-state index contributed by atoms with van der Waals surface area (Å²) in [5, 5.41) is 20.3. The Kier molecular flexibility index (Phi) is 8.30. The number of aromatic nitrogens is 5. The number of aliphatic hydroxyl groups excluding tert-OH is 1. The average Bonchev–Trinajstić information content (AvgIpc) is 3.84. The van der Waals surface area contributed by atoms with Gasteiger partial charge in [0.05, 0.1) is 11.8 Å². The summed E-state index contributed by atoms with van der Waals surface area (Å²) >= 11 is 1.28. The van der Waals surface area contributed by atoms with Crippen molar-refractivity contribution < 1.29 is 14.3 Å². The zero-order chi connectivity index (χ0) is 32.7. The number of imidazole rings is 1. The SMILES string of the molecule is CCc1nc2ccc(-c3cnc(N4CCN(C(=O)[C@@H]5CC[C@H](O)C5)CC4)nc3)cn2c1N(C)c1nc(-c2ccc(F)cc2)c(C#N)s1. The summed E-state index contributed by atoms with van der Waals surface area (Å²) in [6, 6.07) is 12.2. The first-order chi connectivity index (χ1) is 22.8. The summed E-state index contributed by atoms with van der Waals surface area (Å²) in [4.78, 5) is 38.3. The Morgan fingerprint density at radius 2 is 1.77 bits per heavy atom. The topological polar surface area (TPSA) is 127 Å². The van der Waals surface area contributed by atoms with Gasteiger partial charge < -0.3 is 19.8 Å². The fourth-order valence-corrected chi connectivity index (χ4v) is 7.32. The number of aliphatic hydroxyl groups is 1. The molecule has 2 aliphatic rings. The largest absolute Gasteiger partial charge is 0.393 e. The number of anilines is 3. The first kappa shape index (κ1) is 30.7. The lowest BCUT2D eigenvalue weighted by molar-refractivity contribution is -0.135. The molecule has 240 valence electrons. The number of nitriles is 1. The quantitative estimate of drug-likeness (QED) is 0.257. The van der Waals surface area contributed by atoms with Crippen LogP contribution in [0.15, 0.2) is 55.0 Å². The van der Waals surface area contributed by atoms with Gasteiger partial charge in [-0.25, -0.2) is 24.3 Å². The number of hydrogen-bond acceptors (Lipinski definition) is 10. The van der Waals surface area contributed by atoms with Gasteiger partial charge in [-0.1, -0.05) is 18.3 Å². The van der Waals surface area contributed by atoms with Crippen molar-refractivity contribution in [2.75, 3.05) is 43.0 Å². The second kappa shape index (κ2) is 12.7. The molecular formula is C34H34FN9O2S. The number of carbonyl (C=O) groups is 1. The van der Waals surface area contributed by atoms with Gasteiger partial charge in [-0.3, -0.25) is 9.20 Å². The van der Waals surface area contributed by atoms with E-state index in [4.69, 9.17) is 9.97 Å². The van der Waals surface area contributed by atoms with Crippen molar-refractivity contribution in [1.82, 2.24) is 29.2 Å². The zero-order valence-electron chi connectivity index (χ0n) is 26.2. The van der Waals surface area contributed by atoms with Gasteiger partial charge in [0.1, 0.15) is 33.9 Å². The molecule has 1 aliphatic carbocycles. The average molecular weight is 652 g/mol. The van der Waals surface area contributed by atoms with Crippen LogP contribution in [0, 0.1) is 23.1 Å². The Hall–Kier alpha value is -4.93. The fourth-order valence-electron chi connectivity index (χ4n) is 6.47. The third kappa shape index (κ3) is 5.90. The van der Waals surface area contributed by atoms with E-state index in [0.717, 1.165) is 34.7 Å². The first-order valence-electron chi connectivity index (χ1n) is 15.8. The molecule has 1 amide bonds. The Morgan fingerprint density at radius 1 is 1.04 bits per heavy atom. The highest BCUT2D eigenvalue weighted by Crippen LogP contribution is 2.37. The fraction of sp³-hybridized carbons (Fsp3) is 0.353. The van der Waals surface area contributed by atoms with E-state index in [1.54, 1.807) is 12.1 Å². The van der Waals surface area contributed by atoms with Crippen LogP contribution in [0.5, 0.6) is 0 Å². The van der Waals surface area contributed by atoms with Crippen LogP contribution in [0.3, 0.4) is 0 Å². The molecule has 2 fully saturated rings. The van der Waals surface area contributed by atoms with Gasteiger partial charge >= 0.3 is 0 Å². The minimum absolute atomic E-state index is 0.0656. The van der Waals surface area contributed by atoms with E-state index in [2.05, 4.69) is 20.9 Å². The van der Waals surface area contributed by atoms with Gasteiger partial charge in [-0.2, -0.15) is 5.26 Å². The predicted octanol–water partition coefficient (Wildman–Crippen LogP) is 5.07. The number of benzene rings is 1. The van der Waals surface area contributed by atoms with Crippen LogP contribution < -0.4 is 9.80 Å². The van der Waals surface area contributed by atoms with E-state index in [1.165, 1.54) is 23.5 Å². The number of rotatable bonds is 7. The Morgan fingerprint density at radius 3 is 2.43 bits per heavy atom. The van der Waals surface area contributed by atoms with Gasteiger partial charge in [-0.15, -0.1) is 0 Å². The summed E-state index contributed by atoms with van der Waals surface area (Å²) in [7, 11) is 1.91. The lowest BCUT2D eigenvalue weighted by Gasteiger charge is -2.36. The lowest BCUT2D eigenvalue weighted by atomic mass is 10.1. The van der Waals surface area contributed by atoms with Crippen molar-refractivity contribution in [3.05, 3.63) is 71.4 Å². The maximum atomic E-state index is 13.6. The summed E-state index contributed by atoms with van der Waals surface area (Å²) in [5.41, 5.74) is 4.63. The maximum absolute atomic E-state index is 13.6. The van der Waals surface area contributed by atoms with Crippen LogP contribution >= 0.6 is 11.3 Å². The molecule has 0 radical (unpaired) electrons. The van der Waals surface area contributed by atoms with Gasteiger partial charge in [0, 0.05) is 74.4 Å². The third-order valence-corrected chi connectivity index (χ3v) is 10.1. The smallest absolute Gasteiger partial charge is 0.225 e. The number of piperazine rings is 1. The van der Waals surface area contributed by atoms with Crippen LogP contribution in [-0.4, -0.2) is 79.6 Å². The van der Waals surface area contributed by atoms with Crippen molar-refractivity contribution in [3.8, 4) is 28.5 Å². The molecule has 0 unspecified atom stereocenters. The third-order valence-electron chi connectivity index (χ3n) is 9.04. The van der Waals surface area contributed by atoms with Crippen molar-refractivity contribution >= 4 is 39.8 Å². The Labute approximate surface area is 275 Å². The van der Waals surface area contributed by atoms with Crippen LogP contribution in [0.1, 0.15) is 36.8 Å². The van der Waals surface area contributed by atoms with Crippen LogP contribution in [0.25, 0.3) is 28.0 Å². The molecule has 47 heavy (non-hydrogen) atoms. The number of nitrogens with zero attached hydrogens (tertiary/aromatic N) is 9. The minimum Gasteiger partial charge on any atom is -0.393 e. The summed E-state index contributed by atoms with van der Waals surface area (Å²) in [6.45, 7) is 4.59. The van der Waals surface area contributed by atoms with Gasteiger partial charge in [0.2, 0.25) is 11.9 Å². The molecule has 1 saturated carbocycles. The standard InChI is InChI=1S/C34H34FN9O2S/c1-3-27-31(41(2)34-40-30(28(17-36)47-34)21-4-8-25(35)9-5-21)44-20-23(7-11-29(44)39-27)24-18-37-33(38-19-24)43-14-12-42(13-15-43)32(46)22-6-10-26(45)16-22/h4-5,7-9,11,18-20,22,26,45H,3,6,10,12-16H2,1-2H3/t22-,26+/m1/s1. The summed E-state index contributed by atoms with van der Waals surface area (Å²) in [5.74, 6) is 1.21.